The van der Waals surface area contributed by atoms with E-state index < -0.39 is 5.60 Å². The predicted molar refractivity (Wildman–Crippen MR) is 134 cm³/mol. The standard InChI is InChI=1S/C23H33N5O4.C2H6/c1-23(2,3)32-22(31)28-12-8-16(9-13-28)17-6-7-18-19(14-17)27(5)25-21(18)26(4)11-10-20(30)24-15-29;1-2/h6-7,14-16H,8-13H2,1-5H3,(H,24,29,30);1-2H3. The van der Waals surface area contributed by atoms with Gasteiger partial charge in [0, 0.05) is 45.5 Å². The molecule has 1 N–H and O–H groups in total. The smallest absolute Gasteiger partial charge is 0.410 e. The van der Waals surface area contributed by atoms with Crippen molar-refractivity contribution < 1.29 is 19.1 Å². The second-order valence-corrected chi connectivity index (χ2v) is 9.32. The number of piperidine rings is 1. The van der Waals surface area contributed by atoms with Crippen LogP contribution in [0.25, 0.3) is 10.9 Å². The summed E-state index contributed by atoms with van der Waals surface area (Å²) in [4.78, 5) is 38.0. The van der Waals surface area contributed by atoms with Gasteiger partial charge >= 0.3 is 6.09 Å². The van der Waals surface area contributed by atoms with Gasteiger partial charge in [0.15, 0.2) is 5.82 Å². The van der Waals surface area contributed by atoms with E-state index in [9.17, 15) is 14.4 Å². The number of ether oxygens (including phenoxy) is 1. The van der Waals surface area contributed by atoms with Gasteiger partial charge in [0.1, 0.15) is 5.60 Å². The van der Waals surface area contributed by atoms with Crippen LogP contribution >= 0.6 is 0 Å². The van der Waals surface area contributed by atoms with Gasteiger partial charge in [-0.3, -0.25) is 19.6 Å². The van der Waals surface area contributed by atoms with Gasteiger partial charge in [-0.1, -0.05) is 19.9 Å². The highest BCUT2D eigenvalue weighted by Gasteiger charge is 2.28. The number of carbonyl (C=O) groups is 3. The molecule has 188 valence electrons. The summed E-state index contributed by atoms with van der Waals surface area (Å²) < 4.78 is 7.35. The number of nitrogens with one attached hydrogen (secondary N) is 1. The number of aromatic nitrogens is 2. The van der Waals surface area contributed by atoms with Gasteiger partial charge in [-0.05, 0) is 57.2 Å². The van der Waals surface area contributed by atoms with Gasteiger partial charge in [0.25, 0.3) is 0 Å². The fourth-order valence-corrected chi connectivity index (χ4v) is 4.03. The van der Waals surface area contributed by atoms with E-state index in [-0.39, 0.29) is 18.4 Å². The Labute approximate surface area is 202 Å². The molecule has 1 aromatic heterocycles. The number of amides is 3. The summed E-state index contributed by atoms with van der Waals surface area (Å²) in [5.41, 5.74) is 1.78. The van der Waals surface area contributed by atoms with Gasteiger partial charge in [-0.25, -0.2) is 4.79 Å². The molecule has 9 heteroatoms. The average Bonchev–Trinajstić information content (AvgIpc) is 3.14. The second kappa shape index (κ2) is 11.9. The van der Waals surface area contributed by atoms with Gasteiger partial charge in [0.2, 0.25) is 12.3 Å². The first-order chi connectivity index (χ1) is 16.1. The highest BCUT2D eigenvalue weighted by atomic mass is 16.6. The van der Waals surface area contributed by atoms with Crippen molar-refractivity contribution in [3.8, 4) is 0 Å². The van der Waals surface area contributed by atoms with E-state index in [1.807, 2.05) is 58.3 Å². The summed E-state index contributed by atoms with van der Waals surface area (Å²) >= 11 is 0. The highest BCUT2D eigenvalue weighted by molar-refractivity contribution is 5.91. The van der Waals surface area contributed by atoms with Gasteiger partial charge in [-0.2, -0.15) is 5.10 Å². The number of imide groups is 1. The molecular formula is C25H39N5O4. The summed E-state index contributed by atoms with van der Waals surface area (Å²) in [7, 11) is 3.80. The Morgan fingerprint density at radius 3 is 2.47 bits per heavy atom. The molecule has 1 aromatic carbocycles. The van der Waals surface area contributed by atoms with Crippen LogP contribution in [0.5, 0.6) is 0 Å². The minimum Gasteiger partial charge on any atom is -0.444 e. The van der Waals surface area contributed by atoms with Crippen LogP contribution in [0.1, 0.15) is 65.4 Å². The maximum atomic E-state index is 12.3. The lowest BCUT2D eigenvalue weighted by atomic mass is 9.89. The molecule has 3 rings (SSSR count). The van der Waals surface area contributed by atoms with Crippen LogP contribution in [0.15, 0.2) is 18.2 Å². The molecule has 3 amide bonds. The maximum absolute atomic E-state index is 12.3. The molecule has 2 heterocycles. The Kier molecular flexibility index (Phi) is 9.46. The van der Waals surface area contributed by atoms with Crippen molar-refractivity contribution in [1.29, 1.82) is 0 Å². The number of likely N-dealkylation sites (tertiary alicyclic amines) is 1. The van der Waals surface area contributed by atoms with Crippen molar-refractivity contribution in [2.75, 3.05) is 31.6 Å². The van der Waals surface area contributed by atoms with Gasteiger partial charge in [0.05, 0.1) is 5.52 Å². The first-order valence-corrected chi connectivity index (χ1v) is 12.0. The first kappa shape index (κ1) is 27.1. The third-order valence-electron chi connectivity index (χ3n) is 5.73. The van der Waals surface area contributed by atoms with Crippen LogP contribution in [-0.2, 0) is 21.4 Å². The Bertz CT molecular complexity index is 987. The van der Waals surface area contributed by atoms with Gasteiger partial charge < -0.3 is 14.5 Å². The van der Waals surface area contributed by atoms with Crippen LogP contribution < -0.4 is 10.2 Å². The highest BCUT2D eigenvalue weighted by Crippen LogP contribution is 2.33. The molecule has 0 radical (unpaired) electrons. The lowest BCUT2D eigenvalue weighted by Crippen LogP contribution is -2.41. The minimum atomic E-state index is -0.484. The SMILES string of the molecule is CC.CN(CCC(=O)NC=O)c1nn(C)c2cc(C3CCN(C(=O)OC(C)(C)C)CC3)ccc12. The molecule has 0 atom stereocenters. The number of fused-ring (bicyclic) bond motifs is 1. The van der Waals surface area contributed by atoms with Gasteiger partial charge in [-0.15, -0.1) is 0 Å². The Balaban J connectivity index is 0.00000199. The van der Waals surface area contributed by atoms with Crippen LogP contribution in [0.2, 0.25) is 0 Å². The molecule has 1 saturated heterocycles. The molecular weight excluding hydrogens is 434 g/mol. The van der Waals surface area contributed by atoms with Crippen molar-refractivity contribution in [3.05, 3.63) is 23.8 Å². The van der Waals surface area contributed by atoms with Crippen molar-refractivity contribution >= 4 is 35.1 Å². The predicted octanol–water partition coefficient (Wildman–Crippen LogP) is 3.81. The summed E-state index contributed by atoms with van der Waals surface area (Å²) in [6.07, 6.45) is 2.15. The van der Waals surface area contributed by atoms with Crippen molar-refractivity contribution in [1.82, 2.24) is 20.0 Å². The summed E-state index contributed by atoms with van der Waals surface area (Å²) in [6.45, 7) is 11.5. The van der Waals surface area contributed by atoms with Crippen LogP contribution in [0, 0.1) is 0 Å². The van der Waals surface area contributed by atoms with E-state index >= 15 is 0 Å². The lowest BCUT2D eigenvalue weighted by Gasteiger charge is -2.33. The Morgan fingerprint density at radius 2 is 1.88 bits per heavy atom. The largest absolute Gasteiger partial charge is 0.444 e. The Hall–Kier alpha value is -3.10. The molecule has 0 aliphatic carbocycles. The number of hydrogen-bond donors (Lipinski definition) is 1. The van der Waals surface area contributed by atoms with E-state index in [0.29, 0.717) is 32.0 Å². The summed E-state index contributed by atoms with van der Waals surface area (Å²) in [5, 5.41) is 7.81. The normalized spacial score (nSPS) is 14.3. The van der Waals surface area contributed by atoms with Crippen molar-refractivity contribution in [3.63, 3.8) is 0 Å². The fraction of sp³-hybridized carbons (Fsp3) is 0.600. The van der Waals surface area contributed by atoms with Crippen LogP contribution in [0.4, 0.5) is 10.6 Å². The molecule has 0 unspecified atom stereocenters. The zero-order valence-corrected chi connectivity index (χ0v) is 21.6. The lowest BCUT2D eigenvalue weighted by molar-refractivity contribution is -0.125. The number of anilines is 1. The van der Waals surface area contributed by atoms with E-state index in [1.165, 1.54) is 5.56 Å². The summed E-state index contributed by atoms with van der Waals surface area (Å²) in [5.74, 6) is 0.862. The number of nitrogens with zero attached hydrogens (tertiary/aromatic N) is 4. The zero-order chi connectivity index (χ0) is 25.5. The molecule has 0 spiro atoms. The number of rotatable bonds is 6. The molecule has 0 bridgehead atoms. The van der Waals surface area contributed by atoms with E-state index in [4.69, 9.17) is 4.74 Å². The first-order valence-electron chi connectivity index (χ1n) is 12.0. The minimum absolute atomic E-state index is 0.210. The Morgan fingerprint density at radius 1 is 1.24 bits per heavy atom. The fourth-order valence-electron chi connectivity index (χ4n) is 4.03. The molecule has 1 aliphatic rings. The quantitative estimate of drug-likeness (QED) is 0.641. The third-order valence-corrected chi connectivity index (χ3v) is 5.73. The molecule has 0 saturated carbocycles. The average molecular weight is 474 g/mol. The number of aryl methyl sites for hydroxylation is 1. The van der Waals surface area contributed by atoms with Crippen molar-refractivity contribution in [2.45, 2.75) is 65.4 Å². The maximum Gasteiger partial charge on any atom is 0.410 e. The molecule has 34 heavy (non-hydrogen) atoms. The summed E-state index contributed by atoms with van der Waals surface area (Å²) in [6, 6.07) is 6.38. The molecule has 1 fully saturated rings. The van der Waals surface area contributed by atoms with E-state index in [1.54, 1.807) is 4.90 Å². The monoisotopic (exact) mass is 473 g/mol. The number of benzene rings is 1. The van der Waals surface area contributed by atoms with E-state index in [0.717, 1.165) is 29.6 Å². The van der Waals surface area contributed by atoms with Crippen molar-refractivity contribution in [2.24, 2.45) is 7.05 Å². The molecule has 2 aromatic rings. The topological polar surface area (TPSA) is 96.8 Å². The van der Waals surface area contributed by atoms with E-state index in [2.05, 4.69) is 28.6 Å². The number of carbonyl (C=O) groups excluding carboxylic acids is 3. The third kappa shape index (κ3) is 6.95. The zero-order valence-electron chi connectivity index (χ0n) is 21.6. The van der Waals surface area contributed by atoms with Crippen LogP contribution in [-0.4, -0.2) is 65.4 Å². The number of hydrogen-bond acceptors (Lipinski definition) is 6. The molecule has 9 nitrogen and oxygen atoms in total. The van der Waals surface area contributed by atoms with Crippen LogP contribution in [0.3, 0.4) is 0 Å². The molecule has 1 aliphatic heterocycles. The second-order valence-electron chi connectivity index (χ2n) is 9.32.